The Labute approximate surface area is 129 Å². The van der Waals surface area contributed by atoms with Crippen molar-refractivity contribution < 1.29 is 19.5 Å². The van der Waals surface area contributed by atoms with Gasteiger partial charge in [0.2, 0.25) is 11.8 Å². The van der Waals surface area contributed by atoms with Crippen molar-refractivity contribution >= 4 is 29.5 Å². The number of carbonyl (C=O) groups excluding carboxylic acids is 2. The van der Waals surface area contributed by atoms with Crippen molar-refractivity contribution in [1.29, 1.82) is 0 Å². The van der Waals surface area contributed by atoms with E-state index in [0.717, 1.165) is 26.2 Å². The van der Waals surface area contributed by atoms with Crippen LogP contribution in [-0.2, 0) is 14.4 Å². The molecule has 1 aliphatic rings. The second kappa shape index (κ2) is 8.89. The average molecular weight is 317 g/mol. The lowest BCUT2D eigenvalue weighted by atomic mass is 10.2. The number of likely N-dealkylation sites (N-methyl/N-ethyl adjacent to an activating group) is 1. The van der Waals surface area contributed by atoms with Crippen molar-refractivity contribution in [3.05, 3.63) is 0 Å². The molecular weight excluding hydrogens is 294 g/mol. The number of aliphatic carboxylic acids is 1. The monoisotopic (exact) mass is 317 g/mol. The fourth-order valence-electron chi connectivity index (χ4n) is 2.01. The highest BCUT2D eigenvalue weighted by molar-refractivity contribution is 7.99. The van der Waals surface area contributed by atoms with Crippen LogP contribution in [0.15, 0.2) is 0 Å². The third-order valence-corrected chi connectivity index (χ3v) is 4.28. The van der Waals surface area contributed by atoms with Crippen LogP contribution in [0.25, 0.3) is 0 Å². The van der Waals surface area contributed by atoms with Gasteiger partial charge in [-0.25, -0.2) is 4.79 Å². The Bertz CT molecular complexity index is 384. The summed E-state index contributed by atoms with van der Waals surface area (Å²) in [6.45, 7) is 4.57. The van der Waals surface area contributed by atoms with Crippen LogP contribution in [0.5, 0.6) is 0 Å². The Morgan fingerprint density at radius 2 is 1.86 bits per heavy atom. The van der Waals surface area contributed by atoms with E-state index in [2.05, 4.69) is 10.2 Å². The number of thioether (sulfide) groups is 1. The predicted molar refractivity (Wildman–Crippen MR) is 81.3 cm³/mol. The van der Waals surface area contributed by atoms with Gasteiger partial charge in [-0.05, 0) is 19.2 Å². The molecule has 1 aliphatic heterocycles. The fraction of sp³-hybridized carbons (Fsp3) is 0.769. The number of hydrogen-bond donors (Lipinski definition) is 2. The minimum absolute atomic E-state index is 0.0968. The van der Waals surface area contributed by atoms with Gasteiger partial charge in [0.15, 0.2) is 0 Å². The highest BCUT2D eigenvalue weighted by atomic mass is 32.2. The van der Waals surface area contributed by atoms with Crippen LogP contribution in [0.4, 0.5) is 0 Å². The number of nitrogens with one attached hydrogen (secondary N) is 1. The molecule has 0 aromatic carbocycles. The molecule has 0 aromatic rings. The molecule has 1 heterocycles. The Balaban J connectivity index is 2.21. The molecule has 0 radical (unpaired) electrons. The largest absolute Gasteiger partial charge is 0.480 e. The molecule has 0 saturated carbocycles. The van der Waals surface area contributed by atoms with Crippen molar-refractivity contribution in [2.24, 2.45) is 0 Å². The molecule has 1 fully saturated rings. The van der Waals surface area contributed by atoms with Crippen molar-refractivity contribution in [2.75, 3.05) is 44.7 Å². The molecule has 1 rings (SSSR count). The summed E-state index contributed by atoms with van der Waals surface area (Å²) in [6, 6.07) is -0.881. The first kappa shape index (κ1) is 17.8. The molecule has 1 saturated heterocycles. The number of carboxylic acid groups (broad SMARTS) is 1. The van der Waals surface area contributed by atoms with Crippen LogP contribution < -0.4 is 5.32 Å². The van der Waals surface area contributed by atoms with Crippen molar-refractivity contribution in [3.63, 3.8) is 0 Å². The number of carboxylic acids is 1. The Kier molecular flexibility index (Phi) is 7.52. The summed E-state index contributed by atoms with van der Waals surface area (Å²) in [7, 11) is 2.03. The number of nitrogens with zero attached hydrogens (tertiary/aromatic N) is 2. The minimum Gasteiger partial charge on any atom is -0.480 e. The first-order valence-electron chi connectivity index (χ1n) is 6.94. The summed E-state index contributed by atoms with van der Waals surface area (Å²) in [4.78, 5) is 37.8. The zero-order valence-corrected chi connectivity index (χ0v) is 13.3. The van der Waals surface area contributed by atoms with Gasteiger partial charge < -0.3 is 20.2 Å². The second-order valence-corrected chi connectivity index (χ2v) is 6.22. The predicted octanol–water partition coefficient (Wildman–Crippen LogP) is -0.527. The van der Waals surface area contributed by atoms with Gasteiger partial charge in [-0.3, -0.25) is 9.59 Å². The molecule has 0 bridgehead atoms. The summed E-state index contributed by atoms with van der Waals surface area (Å²) >= 11 is 1.41. The average Bonchev–Trinajstić information content (AvgIpc) is 2.42. The van der Waals surface area contributed by atoms with Crippen molar-refractivity contribution in [2.45, 2.75) is 19.4 Å². The zero-order valence-electron chi connectivity index (χ0n) is 12.5. The smallest absolute Gasteiger partial charge is 0.326 e. The van der Waals surface area contributed by atoms with Gasteiger partial charge in [-0.1, -0.05) is 0 Å². The summed E-state index contributed by atoms with van der Waals surface area (Å²) in [5, 5.41) is 11.3. The quantitative estimate of drug-likeness (QED) is 0.614. The lowest BCUT2D eigenvalue weighted by molar-refractivity contribution is -0.141. The van der Waals surface area contributed by atoms with Gasteiger partial charge in [0, 0.05) is 33.1 Å². The van der Waals surface area contributed by atoms with Crippen molar-refractivity contribution in [1.82, 2.24) is 15.1 Å². The second-order valence-electron chi connectivity index (χ2n) is 5.12. The first-order valence-corrected chi connectivity index (χ1v) is 8.09. The molecule has 2 N–H and O–H groups in total. The lowest BCUT2D eigenvalue weighted by Gasteiger charge is -2.32. The van der Waals surface area contributed by atoms with E-state index < -0.39 is 12.0 Å². The van der Waals surface area contributed by atoms with Crippen molar-refractivity contribution in [3.8, 4) is 0 Å². The highest BCUT2D eigenvalue weighted by Gasteiger charge is 2.20. The van der Waals surface area contributed by atoms with E-state index in [4.69, 9.17) is 5.11 Å². The first-order chi connectivity index (χ1) is 9.90. The van der Waals surface area contributed by atoms with Gasteiger partial charge in [0.1, 0.15) is 6.04 Å². The van der Waals surface area contributed by atoms with Gasteiger partial charge >= 0.3 is 5.97 Å². The fourth-order valence-corrected chi connectivity index (χ4v) is 2.91. The normalized spacial score (nSPS) is 17.3. The van der Waals surface area contributed by atoms with Crippen LogP contribution >= 0.6 is 11.8 Å². The zero-order chi connectivity index (χ0) is 15.8. The standard InChI is InChI=1S/C13H23N3O4S/c1-10(17)14-11(13(19)20)3-8-21-9-12(18)16-6-4-15(2)5-7-16/h11H,3-9H2,1-2H3,(H,14,17)(H,19,20). The number of hydrogen-bond acceptors (Lipinski definition) is 5. The van der Waals surface area contributed by atoms with E-state index in [1.165, 1.54) is 18.7 Å². The SMILES string of the molecule is CC(=O)NC(CCSCC(=O)N1CCN(C)CC1)C(=O)O. The number of carbonyl (C=O) groups is 3. The van der Waals surface area contributed by atoms with Crippen LogP contribution in [-0.4, -0.2) is 83.5 Å². The number of rotatable bonds is 7. The van der Waals surface area contributed by atoms with E-state index in [-0.39, 0.29) is 11.8 Å². The van der Waals surface area contributed by atoms with Gasteiger partial charge in [-0.2, -0.15) is 11.8 Å². The van der Waals surface area contributed by atoms with E-state index in [1.807, 2.05) is 11.9 Å². The molecule has 1 atom stereocenters. The number of amides is 2. The Morgan fingerprint density at radius 3 is 2.38 bits per heavy atom. The lowest BCUT2D eigenvalue weighted by Crippen LogP contribution is -2.47. The maximum atomic E-state index is 12.0. The van der Waals surface area contributed by atoms with Crippen LogP contribution in [0.2, 0.25) is 0 Å². The topological polar surface area (TPSA) is 90.0 Å². The molecule has 8 heteroatoms. The molecule has 0 spiro atoms. The maximum Gasteiger partial charge on any atom is 0.326 e. The summed E-state index contributed by atoms with van der Waals surface area (Å²) < 4.78 is 0. The Hall–Kier alpha value is -1.28. The molecule has 21 heavy (non-hydrogen) atoms. The van der Waals surface area contributed by atoms with Gasteiger partial charge in [-0.15, -0.1) is 0 Å². The summed E-state index contributed by atoms with van der Waals surface area (Å²) in [5.41, 5.74) is 0. The van der Waals surface area contributed by atoms with Crippen LogP contribution in [0.3, 0.4) is 0 Å². The molecular formula is C13H23N3O4S. The highest BCUT2D eigenvalue weighted by Crippen LogP contribution is 2.09. The van der Waals surface area contributed by atoms with Gasteiger partial charge in [0.25, 0.3) is 0 Å². The van der Waals surface area contributed by atoms with E-state index in [0.29, 0.717) is 17.9 Å². The van der Waals surface area contributed by atoms with Gasteiger partial charge in [0.05, 0.1) is 5.75 Å². The molecule has 120 valence electrons. The molecule has 7 nitrogen and oxygen atoms in total. The maximum absolute atomic E-state index is 12.0. The Morgan fingerprint density at radius 1 is 1.24 bits per heavy atom. The molecule has 1 unspecified atom stereocenters. The van der Waals surface area contributed by atoms with E-state index in [1.54, 1.807) is 0 Å². The summed E-state index contributed by atoms with van der Waals surface area (Å²) in [6.07, 6.45) is 0.315. The van der Waals surface area contributed by atoms with E-state index >= 15 is 0 Å². The third kappa shape index (κ3) is 6.81. The van der Waals surface area contributed by atoms with Crippen LogP contribution in [0, 0.1) is 0 Å². The summed E-state index contributed by atoms with van der Waals surface area (Å²) in [5.74, 6) is -0.427. The molecule has 0 aromatic heterocycles. The number of piperazine rings is 1. The third-order valence-electron chi connectivity index (χ3n) is 3.31. The molecule has 0 aliphatic carbocycles. The minimum atomic E-state index is -1.05. The van der Waals surface area contributed by atoms with Crippen LogP contribution in [0.1, 0.15) is 13.3 Å². The molecule has 2 amide bonds. The van der Waals surface area contributed by atoms with E-state index in [9.17, 15) is 14.4 Å².